The van der Waals surface area contributed by atoms with Gasteiger partial charge < -0.3 is 15.0 Å². The molecule has 1 fully saturated rings. The van der Waals surface area contributed by atoms with Gasteiger partial charge in [-0.3, -0.25) is 4.79 Å². The number of piperidine rings is 1. The van der Waals surface area contributed by atoms with Gasteiger partial charge in [0, 0.05) is 17.6 Å². The van der Waals surface area contributed by atoms with Crippen molar-refractivity contribution in [2.75, 3.05) is 6.54 Å². The van der Waals surface area contributed by atoms with Crippen molar-refractivity contribution in [3.8, 4) is 10.4 Å². The zero-order valence-corrected chi connectivity index (χ0v) is 23.3. The van der Waals surface area contributed by atoms with Crippen LogP contribution in [0.25, 0.3) is 10.4 Å². The number of pyridine rings is 1. The van der Waals surface area contributed by atoms with Crippen molar-refractivity contribution in [1.82, 2.24) is 15.2 Å². The number of thiophene rings is 1. The molecule has 208 valence electrons. The van der Waals surface area contributed by atoms with Gasteiger partial charge in [-0.1, -0.05) is 35.9 Å². The number of hydrogen-bond donors (Lipinski definition) is 1. The Labute approximate surface area is 234 Å². The van der Waals surface area contributed by atoms with Crippen LogP contribution in [0.5, 0.6) is 0 Å². The lowest BCUT2D eigenvalue weighted by Gasteiger charge is -2.41. The Morgan fingerprint density at radius 2 is 1.92 bits per heavy atom. The Hall–Kier alpha value is -3.11. The molecule has 0 spiro atoms. The molecule has 6 nitrogen and oxygen atoms in total. The van der Waals surface area contributed by atoms with Crippen LogP contribution in [0.15, 0.2) is 54.0 Å². The average molecular weight is 580 g/mol. The minimum Gasteiger partial charge on any atom is -0.444 e. The number of rotatable bonds is 5. The van der Waals surface area contributed by atoms with Crippen LogP contribution in [0, 0.1) is 0 Å². The van der Waals surface area contributed by atoms with E-state index in [1.807, 2.05) is 41.8 Å². The van der Waals surface area contributed by atoms with Crippen molar-refractivity contribution in [1.29, 1.82) is 0 Å². The van der Waals surface area contributed by atoms with Crippen LogP contribution in [0.1, 0.15) is 67.7 Å². The summed E-state index contributed by atoms with van der Waals surface area (Å²) >= 11 is 7.58. The molecule has 0 unspecified atom stereocenters. The fourth-order valence-corrected chi connectivity index (χ4v) is 5.64. The van der Waals surface area contributed by atoms with Gasteiger partial charge in [0.1, 0.15) is 11.3 Å². The number of carbonyl (C=O) groups is 2. The molecule has 2 atom stereocenters. The highest BCUT2D eigenvalue weighted by Crippen LogP contribution is 2.37. The molecule has 4 rings (SSSR count). The van der Waals surface area contributed by atoms with Gasteiger partial charge in [-0.2, -0.15) is 13.2 Å². The lowest BCUT2D eigenvalue weighted by molar-refractivity contribution is -0.137. The topological polar surface area (TPSA) is 71.5 Å². The monoisotopic (exact) mass is 579 g/mol. The number of halogens is 4. The second-order valence-electron chi connectivity index (χ2n) is 10.3. The molecular formula is C28H29ClF3N3O3S. The first-order valence-corrected chi connectivity index (χ1v) is 13.8. The SMILES string of the molecule is CC(C)(C)OC(=O)N1CCCC[C@H]1[C@@H](NC(=O)c1nccc(C(F)(F)F)c1Cl)c1cccc(-c2cccs2)c1. The van der Waals surface area contributed by atoms with Crippen LogP contribution >= 0.6 is 22.9 Å². The lowest BCUT2D eigenvalue weighted by Crippen LogP contribution is -2.52. The zero-order valence-electron chi connectivity index (χ0n) is 21.7. The predicted octanol–water partition coefficient (Wildman–Crippen LogP) is 7.74. The Kier molecular flexibility index (Phi) is 8.56. The molecule has 0 bridgehead atoms. The van der Waals surface area contributed by atoms with Gasteiger partial charge in [0.2, 0.25) is 0 Å². The number of nitrogens with zero attached hydrogens (tertiary/aromatic N) is 2. The molecule has 3 aromatic rings. The minimum absolute atomic E-state index is 0.416. The third-order valence-corrected chi connectivity index (χ3v) is 7.61. The lowest BCUT2D eigenvalue weighted by atomic mass is 9.90. The maximum Gasteiger partial charge on any atom is 0.417 e. The van der Waals surface area contributed by atoms with E-state index in [0.717, 1.165) is 35.5 Å². The average Bonchev–Trinajstić information content (AvgIpc) is 3.41. The molecule has 0 radical (unpaired) electrons. The number of benzene rings is 1. The van der Waals surface area contributed by atoms with E-state index in [9.17, 15) is 22.8 Å². The highest BCUT2D eigenvalue weighted by molar-refractivity contribution is 7.13. The minimum atomic E-state index is -4.75. The summed E-state index contributed by atoms with van der Waals surface area (Å²) < 4.78 is 46.0. The van der Waals surface area contributed by atoms with Gasteiger partial charge in [0.15, 0.2) is 0 Å². The van der Waals surface area contributed by atoms with Crippen LogP contribution < -0.4 is 5.32 Å². The fourth-order valence-electron chi connectivity index (χ4n) is 4.61. The van der Waals surface area contributed by atoms with E-state index in [-0.39, 0.29) is 0 Å². The number of alkyl halides is 3. The van der Waals surface area contributed by atoms with Gasteiger partial charge in [0.25, 0.3) is 5.91 Å². The summed E-state index contributed by atoms with van der Waals surface area (Å²) in [6.45, 7) is 5.73. The molecule has 2 amide bonds. The molecule has 1 N–H and O–H groups in total. The van der Waals surface area contributed by atoms with Crippen molar-refractivity contribution in [3.63, 3.8) is 0 Å². The summed E-state index contributed by atoms with van der Waals surface area (Å²) in [5.74, 6) is -0.868. The van der Waals surface area contributed by atoms with Gasteiger partial charge in [0.05, 0.1) is 22.7 Å². The van der Waals surface area contributed by atoms with Crippen LogP contribution in [0.3, 0.4) is 0 Å². The molecule has 11 heteroatoms. The van der Waals surface area contributed by atoms with E-state index in [4.69, 9.17) is 16.3 Å². The highest BCUT2D eigenvalue weighted by Gasteiger charge is 2.39. The van der Waals surface area contributed by atoms with E-state index >= 15 is 0 Å². The number of carbonyl (C=O) groups excluding carboxylic acids is 2. The smallest absolute Gasteiger partial charge is 0.417 e. The highest BCUT2D eigenvalue weighted by atomic mass is 35.5. The van der Waals surface area contributed by atoms with Crippen LogP contribution in [0.2, 0.25) is 5.02 Å². The number of amides is 2. The maximum absolute atomic E-state index is 13.5. The quantitative estimate of drug-likeness (QED) is 0.335. The van der Waals surface area contributed by atoms with Gasteiger partial charge >= 0.3 is 12.3 Å². The van der Waals surface area contributed by atoms with Gasteiger partial charge in [-0.15, -0.1) is 11.3 Å². The summed E-state index contributed by atoms with van der Waals surface area (Å²) in [7, 11) is 0. The van der Waals surface area contributed by atoms with Crippen molar-refractivity contribution in [2.45, 2.75) is 63.9 Å². The van der Waals surface area contributed by atoms with E-state index in [1.165, 1.54) is 0 Å². The molecule has 1 aliphatic heterocycles. The third kappa shape index (κ3) is 6.91. The zero-order chi connectivity index (χ0) is 28.4. The predicted molar refractivity (Wildman–Crippen MR) is 145 cm³/mol. The number of ether oxygens (including phenoxy) is 1. The van der Waals surface area contributed by atoms with Gasteiger partial charge in [-0.05, 0) is 74.7 Å². The Balaban J connectivity index is 1.75. The van der Waals surface area contributed by atoms with Crippen LogP contribution in [-0.4, -0.2) is 40.1 Å². The standard InChI is InChI=1S/C28H29ClF3N3O3S/c1-27(2,3)38-26(37)35-14-5-4-10-20(35)23(18-9-6-8-17(16-18)21-11-7-15-39-21)34-25(36)24-22(29)19(12-13-33-24)28(30,31)32/h6-9,11-13,15-16,20,23H,4-5,10,14H2,1-3H3,(H,34,36)/t20-,23-/m0/s1. The summed E-state index contributed by atoms with van der Waals surface area (Å²) in [6.07, 6.45) is -2.26. The maximum atomic E-state index is 13.5. The normalized spacial score (nSPS) is 17.0. The van der Waals surface area contributed by atoms with Crippen molar-refractivity contribution in [3.05, 3.63) is 75.9 Å². The second-order valence-corrected chi connectivity index (χ2v) is 11.6. The molecule has 1 aromatic carbocycles. The number of hydrogen-bond acceptors (Lipinski definition) is 5. The Morgan fingerprint density at radius 1 is 1.15 bits per heavy atom. The number of aromatic nitrogens is 1. The number of likely N-dealkylation sites (tertiary alicyclic amines) is 1. The Morgan fingerprint density at radius 3 is 2.59 bits per heavy atom. The van der Waals surface area contributed by atoms with E-state index in [1.54, 1.807) is 37.0 Å². The van der Waals surface area contributed by atoms with Gasteiger partial charge in [-0.25, -0.2) is 9.78 Å². The second kappa shape index (κ2) is 11.6. The third-order valence-electron chi connectivity index (χ3n) is 6.31. The summed E-state index contributed by atoms with van der Waals surface area (Å²) in [5.41, 5.74) is -0.805. The molecule has 0 aliphatic carbocycles. The first-order valence-electron chi connectivity index (χ1n) is 12.5. The Bertz CT molecular complexity index is 1330. The molecule has 1 saturated heterocycles. The van der Waals surface area contributed by atoms with Crippen LogP contribution in [-0.2, 0) is 10.9 Å². The van der Waals surface area contributed by atoms with E-state index < -0.39 is 52.1 Å². The molecule has 0 saturated carbocycles. The van der Waals surface area contributed by atoms with E-state index in [2.05, 4.69) is 10.3 Å². The van der Waals surface area contributed by atoms with Crippen molar-refractivity contribution >= 4 is 34.9 Å². The largest absolute Gasteiger partial charge is 0.444 e. The summed E-state index contributed by atoms with van der Waals surface area (Å²) in [6, 6.07) is 10.9. The summed E-state index contributed by atoms with van der Waals surface area (Å²) in [5, 5.41) is 4.04. The molecule has 39 heavy (non-hydrogen) atoms. The first kappa shape index (κ1) is 28.9. The molecule has 3 heterocycles. The van der Waals surface area contributed by atoms with Crippen LogP contribution in [0.4, 0.5) is 18.0 Å². The molecular weight excluding hydrogens is 551 g/mol. The van der Waals surface area contributed by atoms with E-state index in [0.29, 0.717) is 18.5 Å². The fraction of sp³-hybridized carbons (Fsp3) is 0.393. The molecule has 2 aromatic heterocycles. The summed E-state index contributed by atoms with van der Waals surface area (Å²) in [4.78, 5) is 33.1. The first-order chi connectivity index (χ1) is 18.3. The number of nitrogens with one attached hydrogen (secondary N) is 1. The van der Waals surface area contributed by atoms with Crippen molar-refractivity contribution < 1.29 is 27.5 Å². The molecule has 1 aliphatic rings. The van der Waals surface area contributed by atoms with Crippen molar-refractivity contribution in [2.24, 2.45) is 0 Å².